The molecule has 3 heterocycles. The van der Waals surface area contributed by atoms with Gasteiger partial charge in [0.1, 0.15) is 0 Å². The molecule has 0 aromatic carbocycles. The Kier molecular flexibility index (Phi) is 3.25. The van der Waals surface area contributed by atoms with E-state index in [4.69, 9.17) is 4.52 Å². The van der Waals surface area contributed by atoms with Crippen molar-refractivity contribution in [3.8, 4) is 11.4 Å². The van der Waals surface area contributed by atoms with Crippen molar-refractivity contribution in [3.05, 3.63) is 22.7 Å². The first-order valence-electron chi connectivity index (χ1n) is 7.46. The van der Waals surface area contributed by atoms with Crippen LogP contribution < -0.4 is 0 Å². The quantitative estimate of drug-likeness (QED) is 0.874. The largest absolute Gasteiger partial charge is 0.342 e. The molecule has 1 unspecified atom stereocenters. The Bertz CT molecular complexity index is 633. The van der Waals surface area contributed by atoms with Gasteiger partial charge in [-0.2, -0.15) is 16.3 Å². The average molecular weight is 303 g/mol. The summed E-state index contributed by atoms with van der Waals surface area (Å²) in [7, 11) is 0. The second-order valence-corrected chi connectivity index (χ2v) is 6.65. The lowest BCUT2D eigenvalue weighted by Gasteiger charge is -2.31. The lowest BCUT2D eigenvalue weighted by atomic mass is 9.97. The molecule has 5 nitrogen and oxygen atoms in total. The number of carbonyl (C=O) groups excluding carboxylic acids is 1. The third-order valence-corrected chi connectivity index (χ3v) is 4.91. The van der Waals surface area contributed by atoms with E-state index in [-0.39, 0.29) is 11.8 Å². The number of nitrogens with zero attached hydrogens (tertiary/aromatic N) is 3. The van der Waals surface area contributed by atoms with Crippen molar-refractivity contribution < 1.29 is 9.32 Å². The second-order valence-electron chi connectivity index (χ2n) is 5.87. The third-order valence-electron chi connectivity index (χ3n) is 4.23. The number of piperidine rings is 1. The molecule has 1 saturated carbocycles. The molecule has 0 bridgehead atoms. The lowest BCUT2D eigenvalue weighted by molar-refractivity contribution is -0.133. The van der Waals surface area contributed by atoms with E-state index < -0.39 is 0 Å². The summed E-state index contributed by atoms with van der Waals surface area (Å²) < 4.78 is 5.44. The zero-order valence-corrected chi connectivity index (χ0v) is 12.5. The zero-order chi connectivity index (χ0) is 14.2. The highest BCUT2D eigenvalue weighted by molar-refractivity contribution is 7.08. The molecule has 1 saturated heterocycles. The first-order chi connectivity index (χ1) is 10.3. The topological polar surface area (TPSA) is 59.2 Å². The van der Waals surface area contributed by atoms with Crippen LogP contribution in [0.2, 0.25) is 0 Å². The van der Waals surface area contributed by atoms with Gasteiger partial charge < -0.3 is 9.42 Å². The molecular weight excluding hydrogens is 286 g/mol. The summed E-state index contributed by atoms with van der Waals surface area (Å²) in [6.45, 7) is 1.60. The number of hydrogen-bond donors (Lipinski definition) is 0. The molecule has 0 spiro atoms. The van der Waals surface area contributed by atoms with Gasteiger partial charge in [0, 0.05) is 30.0 Å². The van der Waals surface area contributed by atoms with Crippen LogP contribution in [0, 0.1) is 5.92 Å². The minimum atomic E-state index is 0.182. The molecule has 1 aliphatic carbocycles. The lowest BCUT2D eigenvalue weighted by Crippen LogP contribution is -2.40. The maximum absolute atomic E-state index is 12.2. The van der Waals surface area contributed by atoms with Gasteiger partial charge in [-0.1, -0.05) is 5.16 Å². The van der Waals surface area contributed by atoms with Gasteiger partial charge in [0.15, 0.2) is 0 Å². The van der Waals surface area contributed by atoms with Gasteiger partial charge in [-0.3, -0.25) is 4.79 Å². The molecule has 1 aliphatic heterocycles. The predicted molar refractivity (Wildman–Crippen MR) is 78.9 cm³/mol. The maximum atomic E-state index is 12.2. The molecule has 1 atom stereocenters. The third kappa shape index (κ3) is 2.60. The van der Waals surface area contributed by atoms with Gasteiger partial charge in [-0.15, -0.1) is 0 Å². The minimum absolute atomic E-state index is 0.182. The standard InChI is InChI=1S/C15H17N3O2S/c19-15(10-3-4-10)18-6-1-2-11(8-18)14-16-13(17-20-14)12-5-7-21-9-12/h5,7,9-11H,1-4,6,8H2. The molecule has 2 aliphatic rings. The van der Waals surface area contributed by atoms with Gasteiger partial charge in [0.2, 0.25) is 17.6 Å². The predicted octanol–water partition coefficient (Wildman–Crippen LogP) is 2.91. The Morgan fingerprint density at radius 1 is 1.38 bits per heavy atom. The van der Waals surface area contributed by atoms with E-state index in [1.807, 2.05) is 21.7 Å². The molecular formula is C15H17N3O2S. The highest BCUT2D eigenvalue weighted by Gasteiger charge is 2.36. The Morgan fingerprint density at radius 3 is 3.05 bits per heavy atom. The van der Waals surface area contributed by atoms with E-state index in [2.05, 4.69) is 10.1 Å². The van der Waals surface area contributed by atoms with E-state index in [9.17, 15) is 4.79 Å². The van der Waals surface area contributed by atoms with Crippen LogP contribution >= 0.6 is 11.3 Å². The molecule has 110 valence electrons. The smallest absolute Gasteiger partial charge is 0.231 e. The molecule has 2 fully saturated rings. The highest BCUT2D eigenvalue weighted by Crippen LogP contribution is 2.34. The van der Waals surface area contributed by atoms with Crippen molar-refractivity contribution in [2.75, 3.05) is 13.1 Å². The van der Waals surface area contributed by atoms with Crippen LogP contribution in [0.1, 0.15) is 37.5 Å². The summed E-state index contributed by atoms with van der Waals surface area (Å²) >= 11 is 1.62. The van der Waals surface area contributed by atoms with E-state index in [1.54, 1.807) is 11.3 Å². The summed E-state index contributed by atoms with van der Waals surface area (Å²) in [5.74, 6) is 2.10. The number of likely N-dealkylation sites (tertiary alicyclic amines) is 1. The summed E-state index contributed by atoms with van der Waals surface area (Å²) in [4.78, 5) is 18.7. The van der Waals surface area contributed by atoms with Crippen LogP contribution in [0.5, 0.6) is 0 Å². The summed E-state index contributed by atoms with van der Waals surface area (Å²) in [5, 5.41) is 8.08. The second kappa shape index (κ2) is 5.26. The number of rotatable bonds is 3. The van der Waals surface area contributed by atoms with Crippen molar-refractivity contribution in [1.29, 1.82) is 0 Å². The summed E-state index contributed by atoms with van der Waals surface area (Å²) in [6.07, 6.45) is 4.14. The maximum Gasteiger partial charge on any atom is 0.231 e. The molecule has 21 heavy (non-hydrogen) atoms. The van der Waals surface area contributed by atoms with E-state index in [0.717, 1.165) is 44.3 Å². The number of aromatic nitrogens is 2. The SMILES string of the molecule is O=C(C1CC1)N1CCCC(c2nc(-c3ccsc3)no2)C1. The fourth-order valence-corrected chi connectivity index (χ4v) is 3.51. The molecule has 2 aromatic heterocycles. The Balaban J connectivity index is 1.49. The van der Waals surface area contributed by atoms with Crippen molar-refractivity contribution >= 4 is 17.2 Å². The fraction of sp³-hybridized carbons (Fsp3) is 0.533. The summed E-state index contributed by atoms with van der Waals surface area (Å²) in [6, 6.07) is 1.99. The van der Waals surface area contributed by atoms with Gasteiger partial charge in [-0.25, -0.2) is 0 Å². The fourth-order valence-electron chi connectivity index (χ4n) is 2.88. The number of thiophene rings is 1. The van der Waals surface area contributed by atoms with Crippen molar-refractivity contribution in [2.45, 2.75) is 31.6 Å². The van der Waals surface area contributed by atoms with Crippen LogP contribution in [-0.2, 0) is 4.79 Å². The van der Waals surface area contributed by atoms with E-state index >= 15 is 0 Å². The highest BCUT2D eigenvalue weighted by atomic mass is 32.1. The molecule has 0 radical (unpaired) electrons. The van der Waals surface area contributed by atoms with Gasteiger partial charge >= 0.3 is 0 Å². The number of carbonyl (C=O) groups is 1. The van der Waals surface area contributed by atoms with Gasteiger partial charge in [-0.05, 0) is 37.1 Å². The molecule has 1 amide bonds. The van der Waals surface area contributed by atoms with Crippen LogP contribution in [0.4, 0.5) is 0 Å². The normalized spacial score (nSPS) is 22.5. The van der Waals surface area contributed by atoms with E-state index in [0.29, 0.717) is 17.6 Å². The van der Waals surface area contributed by atoms with Crippen LogP contribution in [-0.4, -0.2) is 34.0 Å². The molecule has 0 N–H and O–H groups in total. The average Bonchev–Trinajstić information content (AvgIpc) is 3.03. The first-order valence-corrected chi connectivity index (χ1v) is 8.40. The number of hydrogen-bond acceptors (Lipinski definition) is 5. The number of amides is 1. The summed E-state index contributed by atoms with van der Waals surface area (Å²) in [5.41, 5.74) is 0.997. The zero-order valence-electron chi connectivity index (χ0n) is 11.7. The Morgan fingerprint density at radius 2 is 2.29 bits per heavy atom. The van der Waals surface area contributed by atoms with Gasteiger partial charge in [0.05, 0.1) is 5.92 Å². The van der Waals surface area contributed by atoms with Crippen LogP contribution in [0.15, 0.2) is 21.3 Å². The monoisotopic (exact) mass is 303 g/mol. The Labute approximate surface area is 127 Å². The first kappa shape index (κ1) is 13.0. The van der Waals surface area contributed by atoms with Crippen molar-refractivity contribution in [2.24, 2.45) is 5.92 Å². The van der Waals surface area contributed by atoms with Crippen molar-refractivity contribution in [3.63, 3.8) is 0 Å². The molecule has 4 rings (SSSR count). The minimum Gasteiger partial charge on any atom is -0.342 e. The molecule has 2 aromatic rings. The van der Waals surface area contributed by atoms with Crippen molar-refractivity contribution in [1.82, 2.24) is 15.0 Å². The van der Waals surface area contributed by atoms with E-state index in [1.165, 1.54) is 0 Å². The van der Waals surface area contributed by atoms with Gasteiger partial charge in [0.25, 0.3) is 0 Å². The van der Waals surface area contributed by atoms with Crippen LogP contribution in [0.3, 0.4) is 0 Å². The van der Waals surface area contributed by atoms with Crippen LogP contribution in [0.25, 0.3) is 11.4 Å². The Hall–Kier alpha value is -1.69. The molecule has 6 heteroatoms.